The van der Waals surface area contributed by atoms with Gasteiger partial charge in [0.2, 0.25) is 0 Å². The van der Waals surface area contributed by atoms with Crippen molar-refractivity contribution in [2.45, 2.75) is 44.6 Å². The number of esters is 2. The molecule has 0 bridgehead atoms. The van der Waals surface area contributed by atoms with E-state index in [1.807, 2.05) is 0 Å². The van der Waals surface area contributed by atoms with E-state index in [4.69, 9.17) is 25.4 Å². The second-order valence-corrected chi connectivity index (χ2v) is 21.2. The van der Waals surface area contributed by atoms with Gasteiger partial charge in [0.15, 0.2) is 7.83 Å². The first-order chi connectivity index (χ1) is 9.07. The highest BCUT2D eigenvalue weighted by Crippen LogP contribution is 2.40. The largest absolute Gasteiger partial charge is 0.398 e. The summed E-state index contributed by atoms with van der Waals surface area (Å²) in [7, 11) is -3.67. The van der Waals surface area contributed by atoms with Gasteiger partial charge in [-0.05, 0) is 19.1 Å². The van der Waals surface area contributed by atoms with E-state index >= 15 is 0 Å². The minimum Gasteiger partial charge on any atom is -0.398 e. The predicted molar refractivity (Wildman–Crippen MR) is 78.5 cm³/mol. The average Bonchev–Trinajstić information content (AvgIpc) is 2.34. The Hall–Kier alpha value is -0.746. The van der Waals surface area contributed by atoms with Crippen molar-refractivity contribution in [3.8, 4) is 0 Å². The molecule has 1 aliphatic rings. The standard InChI is InChI=1S/C11H24N2O5Si2/c1-19(2)6-5-11(16-9(14)7-12,17-10(15)8-13)18-20(19,3)4/h5-8,12-13H2,1-4H3. The molecule has 0 aromatic rings. The Balaban J connectivity index is 3.01. The second-order valence-electron chi connectivity index (χ2n) is 6.04. The Bertz CT molecular complexity index is 382. The number of nitrogens with two attached hydrogens (primary N) is 2. The Kier molecular flexibility index (Phi) is 5.14. The molecule has 0 unspecified atom stereocenters. The van der Waals surface area contributed by atoms with Crippen LogP contribution in [-0.4, -0.2) is 46.4 Å². The number of hydrogen-bond donors (Lipinski definition) is 2. The van der Waals surface area contributed by atoms with Crippen LogP contribution in [0, 0.1) is 0 Å². The molecule has 0 atom stereocenters. The highest BCUT2D eigenvalue weighted by molar-refractivity contribution is 7.38. The molecular weight excluding hydrogens is 296 g/mol. The summed E-state index contributed by atoms with van der Waals surface area (Å²) >= 11 is 0. The molecule has 20 heavy (non-hydrogen) atoms. The van der Waals surface area contributed by atoms with E-state index in [9.17, 15) is 9.59 Å². The van der Waals surface area contributed by atoms with E-state index in [1.165, 1.54) is 0 Å². The fourth-order valence-electron chi connectivity index (χ4n) is 1.94. The van der Waals surface area contributed by atoms with Gasteiger partial charge in [0.05, 0.1) is 27.1 Å². The van der Waals surface area contributed by atoms with Crippen molar-refractivity contribution in [3.63, 3.8) is 0 Å². The monoisotopic (exact) mass is 320 g/mol. The van der Waals surface area contributed by atoms with Gasteiger partial charge in [0.1, 0.15) is 0 Å². The fraction of sp³-hybridized carbons (Fsp3) is 0.818. The van der Waals surface area contributed by atoms with Crippen molar-refractivity contribution < 1.29 is 23.5 Å². The van der Waals surface area contributed by atoms with Crippen molar-refractivity contribution in [2.75, 3.05) is 13.1 Å². The molecule has 1 heterocycles. The van der Waals surface area contributed by atoms with Gasteiger partial charge in [0, 0.05) is 0 Å². The Morgan fingerprint density at radius 1 is 1.10 bits per heavy atom. The quantitative estimate of drug-likeness (QED) is 0.427. The van der Waals surface area contributed by atoms with Crippen LogP contribution in [0.15, 0.2) is 0 Å². The van der Waals surface area contributed by atoms with E-state index in [0.29, 0.717) is 6.42 Å². The first-order valence-corrected chi connectivity index (χ1v) is 13.7. The summed E-state index contributed by atoms with van der Waals surface area (Å²) < 4.78 is 16.4. The van der Waals surface area contributed by atoms with Crippen molar-refractivity contribution in [2.24, 2.45) is 11.5 Å². The number of hydrogen-bond acceptors (Lipinski definition) is 7. The van der Waals surface area contributed by atoms with Crippen molar-refractivity contribution >= 4 is 27.4 Å². The zero-order chi connectivity index (χ0) is 15.6. The SMILES string of the molecule is C[Si]1(C)CCC(OC(=O)CN)(OC(=O)CN)O[Si]1(C)C. The van der Waals surface area contributed by atoms with Crippen LogP contribution in [-0.2, 0) is 23.5 Å². The van der Waals surface area contributed by atoms with Crippen LogP contribution in [0.4, 0.5) is 0 Å². The molecule has 0 spiro atoms. The number of carbonyl (C=O) groups excluding carboxylic acids is 2. The van der Waals surface area contributed by atoms with Crippen LogP contribution in [0.3, 0.4) is 0 Å². The maximum absolute atomic E-state index is 11.5. The summed E-state index contributed by atoms with van der Waals surface area (Å²) in [6.07, 6.45) is 0.333. The van der Waals surface area contributed by atoms with E-state index in [-0.39, 0.29) is 13.1 Å². The summed E-state index contributed by atoms with van der Waals surface area (Å²) in [5.41, 5.74) is 10.5. The average molecular weight is 320 g/mol. The number of carbonyl (C=O) groups is 2. The normalized spacial score (nSPS) is 22.9. The smallest absolute Gasteiger partial charge is 0.365 e. The molecular formula is C11H24N2O5Si2. The zero-order valence-electron chi connectivity index (χ0n) is 12.5. The van der Waals surface area contributed by atoms with Gasteiger partial charge in [-0.15, -0.1) is 0 Å². The molecule has 1 aliphatic heterocycles. The summed E-state index contributed by atoms with van der Waals surface area (Å²) in [6.45, 7) is 7.98. The van der Waals surface area contributed by atoms with Crippen molar-refractivity contribution in [3.05, 3.63) is 0 Å². The van der Waals surface area contributed by atoms with Gasteiger partial charge in [0.25, 0.3) is 0 Å². The maximum Gasteiger partial charge on any atom is 0.365 e. The molecule has 1 fully saturated rings. The molecule has 0 aliphatic carbocycles. The Labute approximate surface area is 120 Å². The second kappa shape index (κ2) is 5.94. The van der Waals surface area contributed by atoms with Crippen molar-refractivity contribution in [1.82, 2.24) is 0 Å². The molecule has 9 heteroatoms. The summed E-state index contributed by atoms with van der Waals surface area (Å²) in [6, 6.07) is 0.849. The van der Waals surface area contributed by atoms with Gasteiger partial charge in [-0.25, -0.2) is 0 Å². The Morgan fingerprint density at radius 2 is 1.55 bits per heavy atom. The van der Waals surface area contributed by atoms with Gasteiger partial charge in [-0.3, -0.25) is 9.59 Å². The third-order valence-corrected chi connectivity index (χ3v) is 20.4. The molecule has 0 aromatic carbocycles. The highest BCUT2D eigenvalue weighted by Gasteiger charge is 2.57. The topological polar surface area (TPSA) is 114 Å². The highest BCUT2D eigenvalue weighted by atomic mass is 29.3. The van der Waals surface area contributed by atoms with E-state index in [1.54, 1.807) is 0 Å². The molecule has 4 N–H and O–H groups in total. The lowest BCUT2D eigenvalue weighted by Gasteiger charge is -2.49. The van der Waals surface area contributed by atoms with Gasteiger partial charge in [-0.1, -0.05) is 13.1 Å². The number of ether oxygens (including phenoxy) is 2. The van der Waals surface area contributed by atoms with Crippen LogP contribution in [0.5, 0.6) is 0 Å². The van der Waals surface area contributed by atoms with E-state index < -0.39 is 33.3 Å². The van der Waals surface area contributed by atoms with Crippen LogP contribution in [0.1, 0.15) is 6.42 Å². The van der Waals surface area contributed by atoms with Crippen LogP contribution in [0.25, 0.3) is 0 Å². The molecule has 1 saturated heterocycles. The minimum atomic E-state index is -2.11. The first kappa shape index (κ1) is 17.3. The third kappa shape index (κ3) is 3.67. The van der Waals surface area contributed by atoms with Gasteiger partial charge in [-0.2, -0.15) is 0 Å². The third-order valence-electron chi connectivity index (χ3n) is 3.97. The van der Waals surface area contributed by atoms with E-state index in [0.717, 1.165) is 6.04 Å². The van der Waals surface area contributed by atoms with Crippen LogP contribution in [0.2, 0.25) is 32.2 Å². The lowest BCUT2D eigenvalue weighted by molar-refractivity contribution is -0.315. The molecule has 0 amide bonds. The molecule has 0 aromatic heterocycles. The molecule has 1 rings (SSSR count). The summed E-state index contributed by atoms with van der Waals surface area (Å²) in [4.78, 5) is 23.0. The lowest BCUT2D eigenvalue weighted by Crippen LogP contribution is -2.67. The maximum atomic E-state index is 11.5. The minimum absolute atomic E-state index is 0.298. The van der Waals surface area contributed by atoms with Gasteiger partial charge < -0.3 is 25.4 Å². The zero-order valence-corrected chi connectivity index (χ0v) is 14.5. The molecule has 7 nitrogen and oxygen atoms in total. The lowest BCUT2D eigenvalue weighted by atomic mass is 10.4. The van der Waals surface area contributed by atoms with Crippen molar-refractivity contribution in [1.29, 1.82) is 0 Å². The molecule has 116 valence electrons. The van der Waals surface area contributed by atoms with E-state index in [2.05, 4.69) is 26.2 Å². The first-order valence-electron chi connectivity index (χ1n) is 6.61. The van der Waals surface area contributed by atoms with Crippen LogP contribution < -0.4 is 11.5 Å². The summed E-state index contributed by atoms with van der Waals surface area (Å²) in [5.74, 6) is -2.98. The molecule has 0 radical (unpaired) electrons. The Morgan fingerprint density at radius 3 is 1.90 bits per heavy atom. The fourth-order valence-corrected chi connectivity index (χ4v) is 8.19. The summed E-state index contributed by atoms with van der Waals surface area (Å²) in [5, 5.41) is 0. The molecule has 0 saturated carbocycles. The predicted octanol–water partition coefficient (Wildman–Crippen LogP) is 0.0562. The van der Waals surface area contributed by atoms with Crippen LogP contribution >= 0.6 is 0 Å². The van der Waals surface area contributed by atoms with Gasteiger partial charge >= 0.3 is 17.9 Å². The number of rotatable bonds is 4.